The van der Waals surface area contributed by atoms with Gasteiger partial charge in [0.25, 0.3) is 0 Å². The Hall–Kier alpha value is -1.18. The van der Waals surface area contributed by atoms with Crippen molar-refractivity contribution in [2.24, 2.45) is 5.92 Å². The van der Waals surface area contributed by atoms with Crippen molar-refractivity contribution in [3.63, 3.8) is 0 Å². The van der Waals surface area contributed by atoms with Crippen LogP contribution in [0.5, 0.6) is 5.75 Å². The summed E-state index contributed by atoms with van der Waals surface area (Å²) in [5.74, 6) is 1.90. The van der Waals surface area contributed by atoms with E-state index in [1.54, 1.807) is 0 Å². The average Bonchev–Trinajstić information content (AvgIpc) is 3.01. The number of anilines is 1. The van der Waals surface area contributed by atoms with Crippen molar-refractivity contribution < 1.29 is 4.74 Å². The molecule has 2 nitrogen and oxygen atoms in total. The van der Waals surface area contributed by atoms with Gasteiger partial charge in [-0.15, -0.1) is 0 Å². The summed E-state index contributed by atoms with van der Waals surface area (Å²) in [6, 6.07) is 3.97. The molecule has 0 saturated heterocycles. The highest BCUT2D eigenvalue weighted by Crippen LogP contribution is 2.33. The Morgan fingerprint density at radius 1 is 1.33 bits per heavy atom. The number of hydrogen-bond donors (Lipinski definition) is 1. The maximum absolute atomic E-state index is 5.85. The van der Waals surface area contributed by atoms with Gasteiger partial charge in [0.15, 0.2) is 0 Å². The Balaban J connectivity index is 2.01. The molecule has 15 heavy (non-hydrogen) atoms. The van der Waals surface area contributed by atoms with Crippen LogP contribution in [0, 0.1) is 19.8 Å². The number of rotatable bonds is 4. The second kappa shape index (κ2) is 4.13. The fourth-order valence-corrected chi connectivity index (χ4v) is 1.80. The molecule has 82 valence electrons. The molecule has 0 bridgehead atoms. The molecule has 2 N–H and O–H groups in total. The first kappa shape index (κ1) is 10.3. The van der Waals surface area contributed by atoms with Gasteiger partial charge in [0.05, 0.1) is 6.61 Å². The Labute approximate surface area is 91.4 Å². The third kappa shape index (κ3) is 2.44. The van der Waals surface area contributed by atoms with Crippen LogP contribution in [0.3, 0.4) is 0 Å². The van der Waals surface area contributed by atoms with E-state index in [9.17, 15) is 0 Å². The van der Waals surface area contributed by atoms with E-state index in [1.807, 2.05) is 19.1 Å². The summed E-state index contributed by atoms with van der Waals surface area (Å²) < 4.78 is 5.82. The minimum Gasteiger partial charge on any atom is -0.493 e. The van der Waals surface area contributed by atoms with Gasteiger partial charge in [0.2, 0.25) is 0 Å². The van der Waals surface area contributed by atoms with Gasteiger partial charge in [-0.2, -0.15) is 0 Å². The number of aryl methyl sites for hydroxylation is 1. The molecule has 0 radical (unpaired) electrons. The number of ether oxygens (including phenoxy) is 1. The zero-order valence-electron chi connectivity index (χ0n) is 9.55. The minimum atomic E-state index is 0.821. The van der Waals surface area contributed by atoms with Crippen molar-refractivity contribution in [2.45, 2.75) is 33.1 Å². The number of hydrogen-bond acceptors (Lipinski definition) is 2. The van der Waals surface area contributed by atoms with Crippen LogP contribution < -0.4 is 10.5 Å². The van der Waals surface area contributed by atoms with E-state index in [0.717, 1.165) is 29.5 Å². The SMILES string of the molecule is Cc1ccc(N)c(C)c1OCCC1CC1. The molecule has 1 aromatic carbocycles. The van der Waals surface area contributed by atoms with Gasteiger partial charge in [-0.05, 0) is 37.8 Å². The van der Waals surface area contributed by atoms with Crippen LogP contribution >= 0.6 is 0 Å². The topological polar surface area (TPSA) is 35.2 Å². The second-order valence-electron chi connectivity index (χ2n) is 4.51. The predicted octanol–water partition coefficient (Wildman–Crippen LogP) is 3.06. The fraction of sp³-hybridized carbons (Fsp3) is 0.538. The normalized spacial score (nSPS) is 15.3. The van der Waals surface area contributed by atoms with Gasteiger partial charge in [0, 0.05) is 11.3 Å². The quantitative estimate of drug-likeness (QED) is 0.767. The minimum absolute atomic E-state index is 0.821. The maximum Gasteiger partial charge on any atom is 0.127 e. The Bertz CT molecular complexity index is 356. The molecule has 1 aromatic rings. The van der Waals surface area contributed by atoms with E-state index in [-0.39, 0.29) is 0 Å². The molecular formula is C13H19NO. The molecule has 1 aliphatic rings. The van der Waals surface area contributed by atoms with Gasteiger partial charge in [-0.3, -0.25) is 0 Å². The molecule has 1 aliphatic carbocycles. The number of nitrogens with two attached hydrogens (primary N) is 1. The van der Waals surface area contributed by atoms with Crippen molar-refractivity contribution in [3.05, 3.63) is 23.3 Å². The largest absolute Gasteiger partial charge is 0.493 e. The van der Waals surface area contributed by atoms with E-state index in [1.165, 1.54) is 24.8 Å². The second-order valence-corrected chi connectivity index (χ2v) is 4.51. The van der Waals surface area contributed by atoms with Crippen LogP contribution in [-0.4, -0.2) is 6.61 Å². The van der Waals surface area contributed by atoms with Crippen molar-refractivity contribution in [2.75, 3.05) is 12.3 Å². The van der Waals surface area contributed by atoms with E-state index in [4.69, 9.17) is 10.5 Å². The summed E-state index contributed by atoms with van der Waals surface area (Å²) in [4.78, 5) is 0. The van der Waals surface area contributed by atoms with Crippen LogP contribution in [0.25, 0.3) is 0 Å². The van der Waals surface area contributed by atoms with Crippen molar-refractivity contribution in [3.8, 4) is 5.75 Å². The number of nitrogen functional groups attached to an aromatic ring is 1. The smallest absolute Gasteiger partial charge is 0.127 e. The lowest BCUT2D eigenvalue weighted by molar-refractivity contribution is 0.299. The highest BCUT2D eigenvalue weighted by atomic mass is 16.5. The van der Waals surface area contributed by atoms with E-state index >= 15 is 0 Å². The highest BCUT2D eigenvalue weighted by molar-refractivity contribution is 5.56. The fourth-order valence-electron chi connectivity index (χ4n) is 1.80. The first-order valence-corrected chi connectivity index (χ1v) is 5.67. The standard InChI is InChI=1S/C13H19NO/c1-9-3-6-12(14)10(2)13(9)15-8-7-11-4-5-11/h3,6,11H,4-5,7-8,14H2,1-2H3. The highest BCUT2D eigenvalue weighted by Gasteiger charge is 2.21. The Morgan fingerprint density at radius 2 is 2.07 bits per heavy atom. The summed E-state index contributed by atoms with van der Waals surface area (Å²) in [5, 5.41) is 0. The predicted molar refractivity (Wildman–Crippen MR) is 63.2 cm³/mol. The van der Waals surface area contributed by atoms with Crippen molar-refractivity contribution in [1.82, 2.24) is 0 Å². The maximum atomic E-state index is 5.85. The van der Waals surface area contributed by atoms with Gasteiger partial charge < -0.3 is 10.5 Å². The van der Waals surface area contributed by atoms with Crippen LogP contribution in [0.2, 0.25) is 0 Å². The first-order valence-electron chi connectivity index (χ1n) is 5.67. The van der Waals surface area contributed by atoms with Crippen molar-refractivity contribution in [1.29, 1.82) is 0 Å². The third-order valence-corrected chi connectivity index (χ3v) is 3.11. The lowest BCUT2D eigenvalue weighted by atomic mass is 10.1. The van der Waals surface area contributed by atoms with Crippen LogP contribution in [0.15, 0.2) is 12.1 Å². The van der Waals surface area contributed by atoms with Gasteiger partial charge >= 0.3 is 0 Å². The molecule has 2 rings (SSSR count). The number of benzene rings is 1. The summed E-state index contributed by atoms with van der Waals surface area (Å²) in [6.07, 6.45) is 3.96. The summed E-state index contributed by atoms with van der Waals surface area (Å²) >= 11 is 0. The summed E-state index contributed by atoms with van der Waals surface area (Å²) in [5.41, 5.74) is 8.93. The summed E-state index contributed by atoms with van der Waals surface area (Å²) in [7, 11) is 0. The lowest BCUT2D eigenvalue weighted by Crippen LogP contribution is -2.03. The molecule has 0 atom stereocenters. The average molecular weight is 205 g/mol. The molecule has 0 unspecified atom stereocenters. The zero-order valence-corrected chi connectivity index (χ0v) is 9.55. The molecule has 0 aliphatic heterocycles. The van der Waals surface area contributed by atoms with E-state index in [0.29, 0.717) is 0 Å². The first-order chi connectivity index (χ1) is 7.18. The van der Waals surface area contributed by atoms with Crippen LogP contribution in [-0.2, 0) is 0 Å². The van der Waals surface area contributed by atoms with Gasteiger partial charge in [0.1, 0.15) is 5.75 Å². The summed E-state index contributed by atoms with van der Waals surface area (Å²) in [6.45, 7) is 4.92. The molecule has 1 fully saturated rings. The molecule has 0 aromatic heterocycles. The Kier molecular flexibility index (Phi) is 2.85. The molecule has 1 saturated carbocycles. The zero-order chi connectivity index (χ0) is 10.8. The van der Waals surface area contributed by atoms with E-state index < -0.39 is 0 Å². The third-order valence-electron chi connectivity index (χ3n) is 3.11. The Morgan fingerprint density at radius 3 is 2.73 bits per heavy atom. The van der Waals surface area contributed by atoms with Crippen LogP contribution in [0.1, 0.15) is 30.4 Å². The molecule has 2 heteroatoms. The van der Waals surface area contributed by atoms with Crippen LogP contribution in [0.4, 0.5) is 5.69 Å². The molecule has 0 heterocycles. The van der Waals surface area contributed by atoms with E-state index in [2.05, 4.69) is 6.92 Å². The molecular weight excluding hydrogens is 186 g/mol. The lowest BCUT2D eigenvalue weighted by Gasteiger charge is -2.13. The van der Waals surface area contributed by atoms with Crippen molar-refractivity contribution >= 4 is 5.69 Å². The van der Waals surface area contributed by atoms with Gasteiger partial charge in [-0.25, -0.2) is 0 Å². The molecule has 0 spiro atoms. The van der Waals surface area contributed by atoms with Gasteiger partial charge in [-0.1, -0.05) is 18.9 Å². The molecule has 0 amide bonds. The monoisotopic (exact) mass is 205 g/mol.